The van der Waals surface area contributed by atoms with Crippen molar-refractivity contribution in [1.29, 1.82) is 0 Å². The van der Waals surface area contributed by atoms with Gasteiger partial charge in [-0.1, -0.05) is 25.5 Å². The number of hydrogen-bond acceptors (Lipinski definition) is 6. The number of rotatable bonds is 10. The van der Waals surface area contributed by atoms with Gasteiger partial charge in [0.15, 0.2) is 0 Å². The molecule has 0 unspecified atom stereocenters. The molecule has 0 atom stereocenters. The zero-order chi connectivity index (χ0) is 21.4. The van der Waals surface area contributed by atoms with E-state index in [9.17, 15) is 14.4 Å². The minimum Gasteiger partial charge on any atom is -0.442 e. The fourth-order valence-electron chi connectivity index (χ4n) is 2.69. The molecule has 0 N–H and O–H groups in total. The number of nitrogens with zero attached hydrogens (tertiary/aromatic N) is 2. The standard InChI is InChI=1S/C21H30N2O6/c1-5-6-13-28-23(20(26)29-21(2,3)4)12-15-27-14-11-22-18(24)16-9-7-8-10-17(16)19(22)25/h7-10H,5-6,11-15H2,1-4H3. The molecule has 2 rings (SSSR count). The molecule has 0 bridgehead atoms. The Morgan fingerprint density at radius 2 is 1.66 bits per heavy atom. The molecule has 160 valence electrons. The van der Waals surface area contributed by atoms with Crippen LogP contribution in [0.2, 0.25) is 0 Å². The summed E-state index contributed by atoms with van der Waals surface area (Å²) in [6.45, 7) is 8.48. The van der Waals surface area contributed by atoms with Crippen LogP contribution in [-0.2, 0) is 14.3 Å². The van der Waals surface area contributed by atoms with Crippen LogP contribution in [0.1, 0.15) is 61.3 Å². The van der Waals surface area contributed by atoms with Crippen molar-refractivity contribution in [2.24, 2.45) is 0 Å². The molecular weight excluding hydrogens is 376 g/mol. The molecule has 1 aromatic rings. The van der Waals surface area contributed by atoms with E-state index in [4.69, 9.17) is 14.3 Å². The second-order valence-corrected chi connectivity index (χ2v) is 7.69. The van der Waals surface area contributed by atoms with Gasteiger partial charge in [0.2, 0.25) is 0 Å². The van der Waals surface area contributed by atoms with Crippen LogP contribution in [-0.4, -0.2) is 66.4 Å². The molecule has 1 aliphatic rings. The number of unbranched alkanes of at least 4 members (excludes halogenated alkanes) is 1. The maximum absolute atomic E-state index is 12.3. The van der Waals surface area contributed by atoms with Crippen molar-refractivity contribution in [3.8, 4) is 0 Å². The van der Waals surface area contributed by atoms with Gasteiger partial charge in [-0.15, -0.1) is 0 Å². The van der Waals surface area contributed by atoms with Gasteiger partial charge in [-0.2, -0.15) is 5.06 Å². The lowest BCUT2D eigenvalue weighted by atomic mass is 10.1. The SMILES string of the molecule is CCCCON(CCOCCN1C(=O)c2ccccc2C1=O)C(=O)OC(C)(C)C. The zero-order valence-electron chi connectivity index (χ0n) is 17.6. The molecule has 0 aromatic heterocycles. The Kier molecular flexibility index (Phi) is 8.16. The van der Waals surface area contributed by atoms with Crippen molar-refractivity contribution in [1.82, 2.24) is 9.96 Å². The largest absolute Gasteiger partial charge is 0.442 e. The maximum Gasteiger partial charge on any atom is 0.434 e. The predicted octanol–water partition coefficient (Wildman–Crippen LogP) is 3.27. The van der Waals surface area contributed by atoms with Crippen molar-refractivity contribution >= 4 is 17.9 Å². The van der Waals surface area contributed by atoms with Gasteiger partial charge in [-0.25, -0.2) is 4.79 Å². The van der Waals surface area contributed by atoms with Gasteiger partial charge in [0.05, 0.1) is 44.0 Å². The number of amides is 3. The number of ether oxygens (including phenoxy) is 2. The fraction of sp³-hybridized carbons (Fsp3) is 0.571. The Hall–Kier alpha value is -2.45. The Morgan fingerprint density at radius 3 is 2.21 bits per heavy atom. The van der Waals surface area contributed by atoms with Gasteiger partial charge < -0.3 is 9.47 Å². The van der Waals surface area contributed by atoms with Crippen LogP contribution in [0.5, 0.6) is 0 Å². The lowest BCUT2D eigenvalue weighted by molar-refractivity contribution is -0.154. The van der Waals surface area contributed by atoms with Gasteiger partial charge >= 0.3 is 6.09 Å². The third kappa shape index (κ3) is 6.54. The van der Waals surface area contributed by atoms with Gasteiger partial charge in [0.1, 0.15) is 5.60 Å². The number of carbonyl (C=O) groups excluding carboxylic acids is 3. The van der Waals surface area contributed by atoms with E-state index in [1.165, 1.54) is 4.90 Å². The lowest BCUT2D eigenvalue weighted by Gasteiger charge is -2.26. The van der Waals surface area contributed by atoms with E-state index in [1.807, 2.05) is 6.92 Å². The normalized spacial score (nSPS) is 13.6. The Morgan fingerprint density at radius 1 is 1.03 bits per heavy atom. The number of benzene rings is 1. The maximum atomic E-state index is 12.3. The summed E-state index contributed by atoms with van der Waals surface area (Å²) in [5, 5.41) is 1.16. The minimum absolute atomic E-state index is 0.148. The minimum atomic E-state index is -0.629. The molecule has 0 aliphatic carbocycles. The van der Waals surface area contributed by atoms with Gasteiger partial charge in [-0.3, -0.25) is 19.3 Å². The number of imide groups is 1. The van der Waals surface area contributed by atoms with Crippen molar-refractivity contribution in [2.75, 3.05) is 32.9 Å². The van der Waals surface area contributed by atoms with Gasteiger partial charge in [0.25, 0.3) is 11.8 Å². The molecule has 0 fully saturated rings. The molecule has 0 radical (unpaired) electrons. The van der Waals surface area contributed by atoms with Crippen LogP contribution in [0, 0.1) is 0 Å². The van der Waals surface area contributed by atoms with Crippen molar-refractivity contribution < 1.29 is 28.7 Å². The first-order valence-corrected chi connectivity index (χ1v) is 9.91. The third-order valence-electron chi connectivity index (χ3n) is 4.12. The summed E-state index contributed by atoms with van der Waals surface area (Å²) >= 11 is 0. The fourth-order valence-corrected chi connectivity index (χ4v) is 2.69. The van der Waals surface area contributed by atoms with Crippen LogP contribution >= 0.6 is 0 Å². The Labute approximate surface area is 171 Å². The molecule has 8 heteroatoms. The average molecular weight is 406 g/mol. The van der Waals surface area contributed by atoms with Crippen molar-refractivity contribution in [2.45, 2.75) is 46.1 Å². The zero-order valence-corrected chi connectivity index (χ0v) is 17.6. The quantitative estimate of drug-likeness (QED) is 0.337. The highest BCUT2D eigenvalue weighted by Crippen LogP contribution is 2.21. The summed E-state index contributed by atoms with van der Waals surface area (Å²) < 4.78 is 10.9. The summed E-state index contributed by atoms with van der Waals surface area (Å²) in [5.74, 6) is -0.625. The van der Waals surface area contributed by atoms with Crippen LogP contribution in [0.25, 0.3) is 0 Å². The summed E-state index contributed by atoms with van der Waals surface area (Å²) in [5.41, 5.74) is 0.200. The van der Waals surface area contributed by atoms with Gasteiger partial charge in [-0.05, 0) is 39.3 Å². The average Bonchev–Trinajstić information content (AvgIpc) is 2.90. The molecule has 8 nitrogen and oxygen atoms in total. The van der Waals surface area contributed by atoms with Crippen LogP contribution in [0.3, 0.4) is 0 Å². The second kappa shape index (κ2) is 10.4. The Balaban J connectivity index is 1.78. The van der Waals surface area contributed by atoms with E-state index in [-0.39, 0.29) is 38.1 Å². The number of hydrogen-bond donors (Lipinski definition) is 0. The van der Waals surface area contributed by atoms with E-state index >= 15 is 0 Å². The monoisotopic (exact) mass is 406 g/mol. The molecule has 1 heterocycles. The highest BCUT2D eigenvalue weighted by atomic mass is 16.7. The van der Waals surface area contributed by atoms with Crippen molar-refractivity contribution in [3.05, 3.63) is 35.4 Å². The molecule has 1 aliphatic heterocycles. The molecule has 1 aromatic carbocycles. The highest BCUT2D eigenvalue weighted by molar-refractivity contribution is 6.21. The van der Waals surface area contributed by atoms with E-state index in [1.54, 1.807) is 45.0 Å². The van der Waals surface area contributed by atoms with Crippen LogP contribution < -0.4 is 0 Å². The van der Waals surface area contributed by atoms with E-state index in [0.29, 0.717) is 17.7 Å². The van der Waals surface area contributed by atoms with Crippen LogP contribution in [0.15, 0.2) is 24.3 Å². The summed E-state index contributed by atoms with van der Waals surface area (Å²) in [6, 6.07) is 6.74. The molecule has 0 saturated carbocycles. The number of hydroxylamine groups is 2. The van der Waals surface area contributed by atoms with Crippen LogP contribution in [0.4, 0.5) is 4.79 Å². The molecule has 3 amide bonds. The lowest BCUT2D eigenvalue weighted by Crippen LogP contribution is -2.39. The smallest absolute Gasteiger partial charge is 0.434 e. The second-order valence-electron chi connectivity index (χ2n) is 7.69. The number of fused-ring (bicyclic) bond motifs is 1. The number of carbonyl (C=O) groups is 3. The summed E-state index contributed by atoms with van der Waals surface area (Å²) in [4.78, 5) is 43.6. The molecule has 0 spiro atoms. The van der Waals surface area contributed by atoms with E-state index < -0.39 is 11.7 Å². The summed E-state index contributed by atoms with van der Waals surface area (Å²) in [6.07, 6.45) is 1.19. The third-order valence-corrected chi connectivity index (χ3v) is 4.12. The molecule has 29 heavy (non-hydrogen) atoms. The topological polar surface area (TPSA) is 85.4 Å². The first-order chi connectivity index (χ1) is 13.7. The summed E-state index contributed by atoms with van der Waals surface area (Å²) in [7, 11) is 0. The first-order valence-electron chi connectivity index (χ1n) is 9.91. The van der Waals surface area contributed by atoms with Crippen molar-refractivity contribution in [3.63, 3.8) is 0 Å². The van der Waals surface area contributed by atoms with E-state index in [0.717, 1.165) is 17.9 Å². The predicted molar refractivity (Wildman–Crippen MR) is 106 cm³/mol. The molecular formula is C21H30N2O6. The Bertz CT molecular complexity index is 693. The molecule has 0 saturated heterocycles. The first kappa shape index (κ1) is 22.8. The van der Waals surface area contributed by atoms with Gasteiger partial charge in [0, 0.05) is 0 Å². The van der Waals surface area contributed by atoms with E-state index in [2.05, 4.69) is 0 Å². The highest BCUT2D eigenvalue weighted by Gasteiger charge is 2.34.